The molecule has 0 fully saturated rings. The van der Waals surface area contributed by atoms with E-state index >= 15 is 0 Å². The van der Waals surface area contributed by atoms with Gasteiger partial charge in [-0.1, -0.05) is 6.92 Å². The largest absolute Gasteiger partial charge is 0.466 e. The van der Waals surface area contributed by atoms with Gasteiger partial charge < -0.3 is 4.74 Å². The van der Waals surface area contributed by atoms with Gasteiger partial charge in [-0.3, -0.25) is 9.78 Å². The fourth-order valence-corrected chi connectivity index (χ4v) is 3.94. The third-order valence-electron chi connectivity index (χ3n) is 4.90. The van der Waals surface area contributed by atoms with Gasteiger partial charge in [0.1, 0.15) is 0 Å². The van der Waals surface area contributed by atoms with E-state index in [0.29, 0.717) is 13.0 Å². The summed E-state index contributed by atoms with van der Waals surface area (Å²) in [5, 5.41) is 4.85. The normalized spacial score (nSPS) is 11.1. The van der Waals surface area contributed by atoms with Crippen LogP contribution in [0.2, 0.25) is 0 Å². The monoisotopic (exact) mass is 443 g/mol. The lowest BCUT2D eigenvalue weighted by Gasteiger charge is -2.16. The number of carbonyl (C=O) groups is 1. The molecule has 0 spiro atoms. The maximum absolute atomic E-state index is 11.6. The van der Waals surface area contributed by atoms with Crippen molar-refractivity contribution < 1.29 is 9.53 Å². The van der Waals surface area contributed by atoms with E-state index in [0.717, 1.165) is 46.9 Å². The highest BCUT2D eigenvalue weighted by Crippen LogP contribution is 2.33. The molecule has 28 heavy (non-hydrogen) atoms. The maximum atomic E-state index is 11.6. The number of hydrogen-bond donors (Lipinski definition) is 0. The van der Waals surface area contributed by atoms with Crippen LogP contribution >= 0.6 is 15.9 Å². The molecule has 0 bridgehead atoms. The molecule has 0 amide bonds. The Bertz CT molecular complexity index is 981. The predicted molar refractivity (Wildman–Crippen MR) is 114 cm³/mol. The molecule has 0 aliphatic carbocycles. The van der Waals surface area contributed by atoms with E-state index in [9.17, 15) is 4.79 Å². The molecular formula is C22H26BrN3O2. The summed E-state index contributed by atoms with van der Waals surface area (Å²) in [4.78, 5) is 16.0. The van der Waals surface area contributed by atoms with Gasteiger partial charge in [-0.25, -0.2) is 4.52 Å². The minimum absolute atomic E-state index is 0.122. The Kier molecular flexibility index (Phi) is 6.83. The molecule has 0 N–H and O–H groups in total. The maximum Gasteiger partial charge on any atom is 0.305 e. The van der Waals surface area contributed by atoms with Crippen LogP contribution < -0.4 is 0 Å². The van der Waals surface area contributed by atoms with E-state index in [1.165, 1.54) is 16.8 Å². The Balaban J connectivity index is 1.97. The molecule has 5 nitrogen and oxygen atoms in total. The molecule has 0 saturated carbocycles. The van der Waals surface area contributed by atoms with Crippen LogP contribution in [0.1, 0.15) is 50.1 Å². The Labute approximate surface area is 174 Å². The van der Waals surface area contributed by atoms with Gasteiger partial charge >= 0.3 is 5.97 Å². The number of hydrogen-bond acceptors (Lipinski definition) is 4. The molecule has 0 aliphatic heterocycles. The Morgan fingerprint density at radius 1 is 1.21 bits per heavy atom. The van der Waals surface area contributed by atoms with E-state index in [1.54, 1.807) is 6.20 Å². The molecule has 3 aromatic rings. The van der Waals surface area contributed by atoms with E-state index < -0.39 is 0 Å². The molecule has 0 aliphatic rings. The smallest absolute Gasteiger partial charge is 0.305 e. The quantitative estimate of drug-likeness (QED) is 0.349. The van der Waals surface area contributed by atoms with Gasteiger partial charge in [0.05, 0.1) is 17.8 Å². The van der Waals surface area contributed by atoms with Crippen LogP contribution in [0.15, 0.2) is 35.1 Å². The average molecular weight is 444 g/mol. The number of ether oxygens (including phenoxy) is 1. The number of carbonyl (C=O) groups excluding carboxylic acids is 1. The number of aromatic nitrogens is 3. The van der Waals surface area contributed by atoms with E-state index in [4.69, 9.17) is 9.84 Å². The summed E-state index contributed by atoms with van der Waals surface area (Å²) in [5.41, 5.74) is 6.78. The minimum Gasteiger partial charge on any atom is -0.466 e. The lowest BCUT2D eigenvalue weighted by molar-refractivity contribution is -0.143. The van der Waals surface area contributed by atoms with Crippen molar-refractivity contribution in [3.8, 4) is 11.1 Å². The van der Waals surface area contributed by atoms with E-state index in [2.05, 4.69) is 53.0 Å². The first-order valence-electron chi connectivity index (χ1n) is 9.81. The van der Waals surface area contributed by atoms with Crippen molar-refractivity contribution in [3.63, 3.8) is 0 Å². The van der Waals surface area contributed by atoms with Crippen molar-refractivity contribution in [2.75, 3.05) is 6.61 Å². The molecular weight excluding hydrogens is 418 g/mol. The molecule has 0 radical (unpaired) electrons. The summed E-state index contributed by atoms with van der Waals surface area (Å²) in [6, 6.07) is 6.38. The van der Waals surface area contributed by atoms with Gasteiger partial charge in [0.25, 0.3) is 0 Å². The zero-order chi connectivity index (χ0) is 20.1. The van der Waals surface area contributed by atoms with Crippen molar-refractivity contribution in [1.82, 2.24) is 14.6 Å². The number of fused-ring (bicyclic) bond motifs is 1. The fraction of sp³-hybridized carbons (Fsp3) is 0.409. The molecule has 0 saturated heterocycles. The summed E-state index contributed by atoms with van der Waals surface area (Å²) >= 11 is 3.54. The third-order valence-corrected chi connectivity index (χ3v) is 5.33. The number of aryl methyl sites for hydroxylation is 2. The fourth-order valence-electron chi connectivity index (χ4n) is 3.57. The second-order valence-electron chi connectivity index (χ2n) is 6.82. The molecule has 6 heteroatoms. The molecule has 3 rings (SSSR count). The van der Waals surface area contributed by atoms with Crippen molar-refractivity contribution in [2.45, 2.75) is 52.9 Å². The van der Waals surface area contributed by atoms with Crippen molar-refractivity contribution in [3.05, 3.63) is 52.0 Å². The second kappa shape index (κ2) is 9.32. The van der Waals surface area contributed by atoms with E-state index in [-0.39, 0.29) is 5.97 Å². The van der Waals surface area contributed by atoms with Crippen LogP contribution in [0.3, 0.4) is 0 Å². The molecule has 3 heterocycles. The summed E-state index contributed by atoms with van der Waals surface area (Å²) in [5.74, 6) is -0.122. The molecule has 0 unspecified atom stereocenters. The van der Waals surface area contributed by atoms with Gasteiger partial charge in [-0.15, -0.1) is 0 Å². The lowest BCUT2D eigenvalue weighted by atomic mass is 9.95. The number of nitrogens with zero attached hydrogens (tertiary/aromatic N) is 3. The number of pyridine rings is 1. The highest BCUT2D eigenvalue weighted by Gasteiger charge is 2.17. The zero-order valence-corrected chi connectivity index (χ0v) is 18.3. The first kappa shape index (κ1) is 20.5. The number of esters is 1. The topological polar surface area (TPSA) is 56.5 Å². The Morgan fingerprint density at radius 3 is 2.75 bits per heavy atom. The van der Waals surface area contributed by atoms with Crippen LogP contribution in [0.5, 0.6) is 0 Å². The summed E-state index contributed by atoms with van der Waals surface area (Å²) < 4.78 is 8.03. The number of unbranched alkanes of at least 4 members (excludes halogenated alkanes) is 1. The Hall–Kier alpha value is -2.21. The van der Waals surface area contributed by atoms with E-state index in [1.807, 2.05) is 17.6 Å². The average Bonchev–Trinajstić information content (AvgIpc) is 3.07. The third kappa shape index (κ3) is 4.43. The Morgan fingerprint density at radius 2 is 2.04 bits per heavy atom. The van der Waals surface area contributed by atoms with Gasteiger partial charge in [0, 0.05) is 40.1 Å². The summed E-state index contributed by atoms with van der Waals surface area (Å²) in [6.07, 6.45) is 7.66. The zero-order valence-electron chi connectivity index (χ0n) is 16.7. The minimum atomic E-state index is -0.122. The molecule has 0 aromatic carbocycles. The van der Waals surface area contributed by atoms with Gasteiger partial charge in [0.2, 0.25) is 0 Å². The predicted octanol–water partition coefficient (Wildman–Crippen LogP) is 5.31. The highest BCUT2D eigenvalue weighted by molar-refractivity contribution is 9.10. The SMILES string of the molecule is CCOC(=O)CCCCc1c(C)nn2c(CC)ccc2c1-c1cncc(Br)c1. The van der Waals surface area contributed by atoms with Crippen molar-refractivity contribution in [1.29, 1.82) is 0 Å². The van der Waals surface area contributed by atoms with Crippen LogP contribution in [-0.2, 0) is 22.4 Å². The molecule has 148 valence electrons. The van der Waals surface area contributed by atoms with Gasteiger partial charge in [0.15, 0.2) is 0 Å². The van der Waals surface area contributed by atoms with Crippen LogP contribution in [0.25, 0.3) is 16.6 Å². The summed E-state index contributed by atoms with van der Waals surface area (Å²) in [7, 11) is 0. The lowest BCUT2D eigenvalue weighted by Crippen LogP contribution is -2.07. The number of rotatable bonds is 8. The van der Waals surface area contributed by atoms with Crippen LogP contribution in [0.4, 0.5) is 0 Å². The number of halogens is 1. The second-order valence-corrected chi connectivity index (χ2v) is 7.73. The van der Waals surface area contributed by atoms with Crippen molar-refractivity contribution in [2.24, 2.45) is 0 Å². The van der Waals surface area contributed by atoms with Crippen LogP contribution in [0, 0.1) is 6.92 Å². The van der Waals surface area contributed by atoms with Gasteiger partial charge in [-0.05, 0) is 79.2 Å². The summed E-state index contributed by atoms with van der Waals surface area (Å²) in [6.45, 7) is 6.48. The first-order valence-corrected chi connectivity index (χ1v) is 10.6. The standard InChI is InChI=1S/C22H26BrN3O2/c1-4-18-10-11-20-22(16-12-17(23)14-24-13-16)19(15(3)25-26(18)20)8-6-7-9-21(27)28-5-2/h10-14H,4-9H2,1-3H3. The highest BCUT2D eigenvalue weighted by atomic mass is 79.9. The first-order chi connectivity index (χ1) is 13.5. The van der Waals surface area contributed by atoms with Crippen LogP contribution in [-0.4, -0.2) is 27.2 Å². The van der Waals surface area contributed by atoms with Gasteiger partial charge in [-0.2, -0.15) is 5.10 Å². The van der Waals surface area contributed by atoms with Crippen molar-refractivity contribution >= 4 is 27.4 Å². The molecule has 3 aromatic heterocycles. The molecule has 0 atom stereocenters.